The van der Waals surface area contributed by atoms with Crippen LogP contribution in [0, 0.1) is 5.92 Å². The summed E-state index contributed by atoms with van der Waals surface area (Å²) in [7, 11) is -0.0773. The fraction of sp³-hybridized carbons (Fsp3) is 0.909. The molecular formula is C11H22N2O3S. The predicted octanol–water partition coefficient (Wildman–Crippen LogP) is -0.0746. The van der Waals surface area contributed by atoms with Crippen LogP contribution in [-0.4, -0.2) is 46.0 Å². The van der Waals surface area contributed by atoms with Gasteiger partial charge in [-0.3, -0.25) is 4.79 Å². The molecule has 17 heavy (non-hydrogen) atoms. The van der Waals surface area contributed by atoms with E-state index in [1.807, 2.05) is 0 Å². The maximum Gasteiger partial charge on any atom is 0.234 e. The summed E-state index contributed by atoms with van der Waals surface area (Å²) in [6.07, 6.45) is 4.53. The first-order valence-corrected chi connectivity index (χ1v) is 7.89. The molecule has 0 bridgehead atoms. The molecule has 0 saturated heterocycles. The molecule has 0 radical (unpaired) electrons. The van der Waals surface area contributed by atoms with Crippen molar-refractivity contribution in [3.63, 3.8) is 0 Å². The number of hydrogen-bond acceptors (Lipinski definition) is 4. The minimum absolute atomic E-state index is 0.0212. The molecule has 1 unspecified atom stereocenters. The molecule has 0 spiro atoms. The Morgan fingerprint density at radius 2 is 1.88 bits per heavy atom. The first kappa shape index (κ1) is 14.4. The van der Waals surface area contributed by atoms with Gasteiger partial charge in [-0.05, 0) is 25.8 Å². The Morgan fingerprint density at radius 1 is 1.29 bits per heavy atom. The van der Waals surface area contributed by atoms with Gasteiger partial charge in [-0.2, -0.15) is 0 Å². The Bertz CT molecular complexity index is 348. The van der Waals surface area contributed by atoms with Crippen molar-refractivity contribution in [3.05, 3.63) is 0 Å². The van der Waals surface area contributed by atoms with Crippen LogP contribution in [-0.2, 0) is 14.6 Å². The molecule has 1 rings (SSSR count). The van der Waals surface area contributed by atoms with Crippen LogP contribution in [0.4, 0.5) is 0 Å². The van der Waals surface area contributed by atoms with Crippen molar-refractivity contribution in [2.45, 2.75) is 31.7 Å². The zero-order chi connectivity index (χ0) is 12.9. The van der Waals surface area contributed by atoms with E-state index in [0.717, 1.165) is 12.8 Å². The van der Waals surface area contributed by atoms with Gasteiger partial charge >= 0.3 is 0 Å². The van der Waals surface area contributed by atoms with Gasteiger partial charge in [-0.15, -0.1) is 0 Å². The number of hydrogen-bond donors (Lipinski definition) is 2. The molecule has 1 amide bonds. The van der Waals surface area contributed by atoms with E-state index in [1.54, 1.807) is 7.05 Å². The number of sulfone groups is 1. The SMILES string of the molecule is CNC(=O)CS(=O)(=O)CC(NC)C1CCCC1. The zero-order valence-electron chi connectivity index (χ0n) is 10.5. The van der Waals surface area contributed by atoms with Crippen LogP contribution < -0.4 is 10.6 Å². The van der Waals surface area contributed by atoms with Gasteiger partial charge in [-0.25, -0.2) is 8.42 Å². The third-order valence-corrected chi connectivity index (χ3v) is 4.97. The van der Waals surface area contributed by atoms with Gasteiger partial charge in [0.25, 0.3) is 0 Å². The number of amides is 1. The second kappa shape index (κ2) is 6.35. The van der Waals surface area contributed by atoms with Crippen molar-refractivity contribution in [2.24, 2.45) is 5.92 Å². The van der Waals surface area contributed by atoms with Crippen LogP contribution >= 0.6 is 0 Å². The van der Waals surface area contributed by atoms with Crippen LogP contribution in [0.3, 0.4) is 0 Å². The summed E-state index contributed by atoms with van der Waals surface area (Å²) in [5.74, 6) is -0.360. The highest BCUT2D eigenvalue weighted by atomic mass is 32.2. The first-order valence-electron chi connectivity index (χ1n) is 6.07. The molecule has 0 aromatic heterocycles. The maximum atomic E-state index is 11.8. The molecule has 1 aliphatic carbocycles. The van der Waals surface area contributed by atoms with E-state index in [9.17, 15) is 13.2 Å². The summed E-state index contributed by atoms with van der Waals surface area (Å²) in [5.41, 5.74) is 0. The molecular weight excluding hydrogens is 240 g/mol. The monoisotopic (exact) mass is 262 g/mol. The molecule has 1 aliphatic rings. The van der Waals surface area contributed by atoms with Crippen LogP contribution in [0.1, 0.15) is 25.7 Å². The van der Waals surface area contributed by atoms with Gasteiger partial charge in [-0.1, -0.05) is 12.8 Å². The lowest BCUT2D eigenvalue weighted by Crippen LogP contribution is -2.41. The predicted molar refractivity (Wildman–Crippen MR) is 67.5 cm³/mol. The number of nitrogens with one attached hydrogen (secondary N) is 2. The summed E-state index contributed by atoms with van der Waals surface area (Å²) in [6.45, 7) is 0. The molecule has 0 heterocycles. The quantitative estimate of drug-likeness (QED) is 0.702. The smallest absolute Gasteiger partial charge is 0.234 e. The summed E-state index contributed by atoms with van der Waals surface area (Å²) >= 11 is 0. The molecule has 6 heteroatoms. The van der Waals surface area contributed by atoms with Crippen molar-refractivity contribution < 1.29 is 13.2 Å². The third-order valence-electron chi connectivity index (χ3n) is 3.40. The zero-order valence-corrected chi connectivity index (χ0v) is 11.3. The Morgan fingerprint density at radius 3 is 2.35 bits per heavy atom. The lowest BCUT2D eigenvalue weighted by Gasteiger charge is -2.22. The molecule has 2 N–H and O–H groups in total. The number of rotatable bonds is 6. The van der Waals surface area contributed by atoms with Gasteiger partial charge in [0.2, 0.25) is 5.91 Å². The van der Waals surface area contributed by atoms with E-state index in [4.69, 9.17) is 0 Å². The normalized spacial score (nSPS) is 19.2. The molecule has 5 nitrogen and oxygen atoms in total. The van der Waals surface area contributed by atoms with Gasteiger partial charge in [0.1, 0.15) is 5.75 Å². The minimum atomic E-state index is -3.32. The van der Waals surface area contributed by atoms with Gasteiger partial charge in [0.15, 0.2) is 9.84 Å². The summed E-state index contributed by atoms with van der Waals surface area (Å²) in [4.78, 5) is 11.1. The van der Waals surface area contributed by atoms with Crippen LogP contribution in [0.5, 0.6) is 0 Å². The first-order chi connectivity index (χ1) is 7.98. The van der Waals surface area contributed by atoms with Gasteiger partial charge in [0, 0.05) is 13.1 Å². The number of carbonyl (C=O) groups excluding carboxylic acids is 1. The molecule has 0 aromatic rings. The summed E-state index contributed by atoms with van der Waals surface area (Å²) in [5, 5.41) is 5.42. The lowest BCUT2D eigenvalue weighted by molar-refractivity contribution is -0.118. The second-order valence-corrected chi connectivity index (χ2v) is 6.78. The molecule has 1 fully saturated rings. The molecule has 100 valence electrons. The van der Waals surface area contributed by atoms with Crippen molar-refractivity contribution >= 4 is 15.7 Å². The van der Waals surface area contributed by atoms with Gasteiger partial charge in [0.05, 0.1) is 5.75 Å². The Hall–Kier alpha value is -0.620. The van der Waals surface area contributed by atoms with Crippen LogP contribution in [0.2, 0.25) is 0 Å². The topological polar surface area (TPSA) is 75.3 Å². The van der Waals surface area contributed by atoms with Crippen molar-refractivity contribution in [3.8, 4) is 0 Å². The Labute approximate surface area is 103 Å². The second-order valence-electron chi connectivity index (χ2n) is 4.67. The van der Waals surface area contributed by atoms with Crippen LogP contribution in [0.25, 0.3) is 0 Å². The molecule has 0 aliphatic heterocycles. The van der Waals surface area contributed by atoms with Crippen molar-refractivity contribution in [1.82, 2.24) is 10.6 Å². The van der Waals surface area contributed by atoms with E-state index < -0.39 is 21.5 Å². The molecule has 1 atom stereocenters. The highest BCUT2D eigenvalue weighted by Gasteiger charge is 2.29. The van der Waals surface area contributed by atoms with E-state index >= 15 is 0 Å². The molecule has 1 saturated carbocycles. The van der Waals surface area contributed by atoms with E-state index in [-0.39, 0.29) is 11.8 Å². The number of carbonyl (C=O) groups is 1. The average Bonchev–Trinajstić information content (AvgIpc) is 2.78. The van der Waals surface area contributed by atoms with E-state index in [2.05, 4.69) is 10.6 Å². The third kappa shape index (κ3) is 4.63. The summed E-state index contributed by atoms with van der Waals surface area (Å²) in [6, 6.07) is -0.0212. The van der Waals surface area contributed by atoms with Crippen molar-refractivity contribution in [2.75, 3.05) is 25.6 Å². The maximum absolute atomic E-state index is 11.8. The molecule has 0 aromatic carbocycles. The largest absolute Gasteiger partial charge is 0.358 e. The van der Waals surface area contributed by atoms with Crippen molar-refractivity contribution in [1.29, 1.82) is 0 Å². The van der Waals surface area contributed by atoms with E-state index in [1.165, 1.54) is 19.9 Å². The standard InChI is InChI=1S/C11H22N2O3S/c1-12-10(9-5-3-4-6-9)7-17(15,16)8-11(14)13-2/h9-10,12H,3-8H2,1-2H3,(H,13,14). The minimum Gasteiger partial charge on any atom is -0.358 e. The highest BCUT2D eigenvalue weighted by molar-refractivity contribution is 7.92. The van der Waals surface area contributed by atoms with Crippen LogP contribution in [0.15, 0.2) is 0 Å². The highest BCUT2D eigenvalue weighted by Crippen LogP contribution is 2.28. The fourth-order valence-corrected chi connectivity index (χ4v) is 4.07. The van der Waals surface area contributed by atoms with Gasteiger partial charge < -0.3 is 10.6 Å². The summed E-state index contributed by atoms with van der Waals surface area (Å²) < 4.78 is 23.7. The Balaban J connectivity index is 2.57. The van der Waals surface area contributed by atoms with E-state index in [0.29, 0.717) is 5.92 Å². The Kier molecular flexibility index (Phi) is 5.39. The fourth-order valence-electron chi connectivity index (χ4n) is 2.42. The lowest BCUT2D eigenvalue weighted by atomic mass is 10.0. The average molecular weight is 262 g/mol.